The van der Waals surface area contributed by atoms with E-state index in [0.717, 1.165) is 5.56 Å². The molecule has 0 atom stereocenters. The summed E-state index contributed by atoms with van der Waals surface area (Å²) in [6, 6.07) is 13.7. The van der Waals surface area contributed by atoms with Crippen LogP contribution in [-0.4, -0.2) is 5.91 Å². The summed E-state index contributed by atoms with van der Waals surface area (Å²) in [5.74, 6) is -0.146. The summed E-state index contributed by atoms with van der Waals surface area (Å²) in [5.41, 5.74) is 6.80. The highest BCUT2D eigenvalue weighted by Crippen LogP contribution is 2.22. The topological polar surface area (TPSA) is 76.1 Å². The second-order valence-electron chi connectivity index (χ2n) is 4.07. The summed E-state index contributed by atoms with van der Waals surface area (Å²) >= 11 is 6.05. The number of carbonyl (C=O) groups excluding carboxylic acids is 1. The molecule has 0 fully saturated rings. The van der Waals surface area contributed by atoms with Crippen LogP contribution >= 0.6 is 11.6 Å². The van der Waals surface area contributed by atoms with Gasteiger partial charge < -0.3 is 10.5 Å². The normalized spacial score (nSPS) is 9.80. The molecule has 0 saturated heterocycles. The van der Waals surface area contributed by atoms with Crippen molar-refractivity contribution in [2.75, 3.05) is 0 Å². The predicted molar refractivity (Wildman–Crippen MR) is 75.5 cm³/mol. The molecule has 2 aromatic carbocycles. The second kappa shape index (κ2) is 6.09. The SMILES string of the molecule is N#Cc1ccc(COc2ccccc2C(N)=O)c(Cl)c1. The van der Waals surface area contributed by atoms with E-state index in [1.54, 1.807) is 42.5 Å². The van der Waals surface area contributed by atoms with Crippen LogP contribution in [0.2, 0.25) is 5.02 Å². The van der Waals surface area contributed by atoms with Crippen molar-refractivity contribution in [3.8, 4) is 11.8 Å². The summed E-state index contributed by atoms with van der Waals surface area (Å²) in [4.78, 5) is 11.3. The van der Waals surface area contributed by atoms with Gasteiger partial charge in [0, 0.05) is 10.6 Å². The van der Waals surface area contributed by atoms with E-state index in [9.17, 15) is 4.79 Å². The van der Waals surface area contributed by atoms with Crippen molar-refractivity contribution in [3.05, 3.63) is 64.2 Å². The Kier molecular flexibility index (Phi) is 4.24. The van der Waals surface area contributed by atoms with Crippen molar-refractivity contribution in [3.63, 3.8) is 0 Å². The van der Waals surface area contributed by atoms with Gasteiger partial charge in [0.1, 0.15) is 12.4 Å². The molecule has 5 heteroatoms. The van der Waals surface area contributed by atoms with Gasteiger partial charge in [-0.2, -0.15) is 5.26 Å². The third-order valence-electron chi connectivity index (χ3n) is 2.72. The van der Waals surface area contributed by atoms with Crippen molar-refractivity contribution in [1.29, 1.82) is 5.26 Å². The minimum atomic E-state index is -0.550. The molecule has 0 unspecified atom stereocenters. The number of rotatable bonds is 4. The number of hydrogen-bond donors (Lipinski definition) is 1. The molecule has 100 valence electrons. The summed E-state index contributed by atoms with van der Waals surface area (Å²) in [5, 5.41) is 9.21. The van der Waals surface area contributed by atoms with Crippen LogP contribution in [0.5, 0.6) is 5.75 Å². The lowest BCUT2D eigenvalue weighted by atomic mass is 10.1. The van der Waals surface area contributed by atoms with Gasteiger partial charge in [0.2, 0.25) is 0 Å². The summed E-state index contributed by atoms with van der Waals surface area (Å²) in [6.45, 7) is 0.189. The Balaban J connectivity index is 2.18. The zero-order valence-corrected chi connectivity index (χ0v) is 11.2. The van der Waals surface area contributed by atoms with Gasteiger partial charge in [-0.3, -0.25) is 4.79 Å². The van der Waals surface area contributed by atoms with Crippen LogP contribution in [0.1, 0.15) is 21.5 Å². The third kappa shape index (κ3) is 3.08. The molecule has 2 aromatic rings. The van der Waals surface area contributed by atoms with Crippen LogP contribution in [0, 0.1) is 11.3 Å². The molecule has 20 heavy (non-hydrogen) atoms. The average Bonchev–Trinajstić information content (AvgIpc) is 2.46. The number of nitrogens with two attached hydrogens (primary N) is 1. The summed E-state index contributed by atoms with van der Waals surface area (Å²) in [6.07, 6.45) is 0. The van der Waals surface area contributed by atoms with Gasteiger partial charge in [0.25, 0.3) is 5.91 Å². The van der Waals surface area contributed by atoms with Crippen LogP contribution in [0.3, 0.4) is 0 Å². The van der Waals surface area contributed by atoms with Gasteiger partial charge in [-0.05, 0) is 24.3 Å². The van der Waals surface area contributed by atoms with Gasteiger partial charge in [0.15, 0.2) is 0 Å². The molecule has 4 nitrogen and oxygen atoms in total. The number of nitrogens with zero attached hydrogens (tertiary/aromatic N) is 1. The highest BCUT2D eigenvalue weighted by molar-refractivity contribution is 6.31. The first-order chi connectivity index (χ1) is 9.61. The van der Waals surface area contributed by atoms with Crippen LogP contribution in [0.4, 0.5) is 0 Å². The minimum absolute atomic E-state index is 0.189. The van der Waals surface area contributed by atoms with E-state index in [4.69, 9.17) is 27.3 Å². The lowest BCUT2D eigenvalue weighted by Gasteiger charge is -2.10. The number of nitriles is 1. The van der Waals surface area contributed by atoms with E-state index < -0.39 is 5.91 Å². The molecule has 2 rings (SSSR count). The Hall–Kier alpha value is -2.51. The van der Waals surface area contributed by atoms with Gasteiger partial charge in [-0.1, -0.05) is 29.8 Å². The monoisotopic (exact) mass is 286 g/mol. The van der Waals surface area contributed by atoms with Crippen LogP contribution in [-0.2, 0) is 6.61 Å². The Bertz CT molecular complexity index is 693. The summed E-state index contributed by atoms with van der Waals surface area (Å²) in [7, 11) is 0. The highest BCUT2D eigenvalue weighted by atomic mass is 35.5. The van der Waals surface area contributed by atoms with Gasteiger partial charge in [-0.15, -0.1) is 0 Å². The predicted octanol–water partition coefficient (Wildman–Crippen LogP) is 2.89. The molecule has 0 heterocycles. The van der Waals surface area contributed by atoms with E-state index in [1.807, 2.05) is 6.07 Å². The first-order valence-corrected chi connectivity index (χ1v) is 6.20. The molecule has 0 aromatic heterocycles. The lowest BCUT2D eigenvalue weighted by Crippen LogP contribution is -2.12. The van der Waals surface area contributed by atoms with Crippen molar-refractivity contribution in [2.24, 2.45) is 5.73 Å². The molecular formula is C15H11ClN2O2. The second-order valence-corrected chi connectivity index (χ2v) is 4.47. The number of amides is 1. The zero-order valence-electron chi connectivity index (χ0n) is 10.5. The third-order valence-corrected chi connectivity index (χ3v) is 3.07. The van der Waals surface area contributed by atoms with Crippen molar-refractivity contribution in [1.82, 2.24) is 0 Å². The fraction of sp³-hybridized carbons (Fsp3) is 0.0667. The Morgan fingerprint density at radius 3 is 2.70 bits per heavy atom. The maximum Gasteiger partial charge on any atom is 0.252 e. The quantitative estimate of drug-likeness (QED) is 0.939. The molecule has 0 aliphatic carbocycles. The van der Waals surface area contributed by atoms with Crippen LogP contribution in [0.15, 0.2) is 42.5 Å². The fourth-order valence-electron chi connectivity index (χ4n) is 1.69. The molecule has 0 bridgehead atoms. The Labute approximate surface area is 121 Å². The van der Waals surface area contributed by atoms with Crippen molar-refractivity contribution < 1.29 is 9.53 Å². The van der Waals surface area contributed by atoms with Gasteiger partial charge >= 0.3 is 0 Å². The largest absolute Gasteiger partial charge is 0.488 e. The number of hydrogen-bond acceptors (Lipinski definition) is 3. The van der Waals surface area contributed by atoms with Gasteiger partial charge in [0.05, 0.1) is 17.2 Å². The highest BCUT2D eigenvalue weighted by Gasteiger charge is 2.09. The molecular weight excluding hydrogens is 276 g/mol. The molecule has 0 spiro atoms. The standard InChI is InChI=1S/C15H11ClN2O2/c16-13-7-10(8-17)5-6-11(13)9-20-14-4-2-1-3-12(14)15(18)19/h1-7H,9H2,(H2,18,19). The molecule has 0 radical (unpaired) electrons. The van der Waals surface area contributed by atoms with E-state index in [0.29, 0.717) is 21.9 Å². The maximum absolute atomic E-state index is 11.3. The lowest BCUT2D eigenvalue weighted by molar-refractivity contribution is 0.0996. The first-order valence-electron chi connectivity index (χ1n) is 5.82. The molecule has 0 saturated carbocycles. The van der Waals surface area contributed by atoms with Crippen molar-refractivity contribution in [2.45, 2.75) is 6.61 Å². The fourth-order valence-corrected chi connectivity index (χ4v) is 1.92. The number of primary amides is 1. The number of para-hydroxylation sites is 1. The van der Waals surface area contributed by atoms with E-state index in [1.165, 1.54) is 0 Å². The number of halogens is 1. The molecule has 2 N–H and O–H groups in total. The van der Waals surface area contributed by atoms with E-state index >= 15 is 0 Å². The average molecular weight is 287 g/mol. The number of benzene rings is 2. The number of ether oxygens (including phenoxy) is 1. The minimum Gasteiger partial charge on any atom is -0.488 e. The molecule has 0 aliphatic rings. The number of carbonyl (C=O) groups is 1. The van der Waals surface area contributed by atoms with E-state index in [2.05, 4.69) is 0 Å². The Morgan fingerprint density at radius 1 is 1.30 bits per heavy atom. The molecule has 1 amide bonds. The van der Waals surface area contributed by atoms with E-state index in [-0.39, 0.29) is 6.61 Å². The first kappa shape index (κ1) is 13.9. The smallest absolute Gasteiger partial charge is 0.252 e. The molecule has 0 aliphatic heterocycles. The van der Waals surface area contributed by atoms with Crippen LogP contribution < -0.4 is 10.5 Å². The van der Waals surface area contributed by atoms with Crippen LogP contribution in [0.25, 0.3) is 0 Å². The maximum atomic E-state index is 11.3. The Morgan fingerprint density at radius 2 is 2.05 bits per heavy atom. The summed E-state index contributed by atoms with van der Waals surface area (Å²) < 4.78 is 5.57. The van der Waals surface area contributed by atoms with Gasteiger partial charge in [-0.25, -0.2) is 0 Å². The zero-order chi connectivity index (χ0) is 14.5. The van der Waals surface area contributed by atoms with Crippen molar-refractivity contribution >= 4 is 17.5 Å².